The number of fused-ring (bicyclic) bond motifs is 1. The largest absolute Gasteiger partial charge is 0.419 e. The van der Waals surface area contributed by atoms with Crippen molar-refractivity contribution >= 4 is 18.1 Å². The molecule has 106 valence electrons. The number of carbonyl (C=O) groups excluding carboxylic acids is 1. The fourth-order valence-corrected chi connectivity index (χ4v) is 2.61. The molecule has 0 radical (unpaired) electrons. The lowest BCUT2D eigenvalue weighted by Crippen LogP contribution is -2.14. The zero-order valence-corrected chi connectivity index (χ0v) is 11.9. The Morgan fingerprint density at radius 3 is 2.90 bits per heavy atom. The van der Waals surface area contributed by atoms with Gasteiger partial charge in [0.1, 0.15) is 0 Å². The summed E-state index contributed by atoms with van der Waals surface area (Å²) in [6, 6.07) is 0. The molecule has 1 fully saturated rings. The first-order valence-corrected chi connectivity index (χ1v) is 6.93. The van der Waals surface area contributed by atoms with Gasteiger partial charge in [-0.3, -0.25) is 9.79 Å². The van der Waals surface area contributed by atoms with E-state index in [1.807, 2.05) is 10.8 Å². The summed E-state index contributed by atoms with van der Waals surface area (Å²) in [5.74, 6) is 2.03. The van der Waals surface area contributed by atoms with Crippen molar-refractivity contribution in [2.45, 2.75) is 32.2 Å². The van der Waals surface area contributed by atoms with Gasteiger partial charge in [0.25, 0.3) is 0 Å². The molecule has 0 aromatic carbocycles. The summed E-state index contributed by atoms with van der Waals surface area (Å²) >= 11 is 0. The quantitative estimate of drug-likeness (QED) is 0.506. The lowest BCUT2D eigenvalue weighted by atomic mass is 10.0. The minimum atomic E-state index is -0.198. The first kappa shape index (κ1) is 12.3. The van der Waals surface area contributed by atoms with Gasteiger partial charge in [0.15, 0.2) is 12.0 Å². The summed E-state index contributed by atoms with van der Waals surface area (Å²) in [4.78, 5) is 15.7. The van der Waals surface area contributed by atoms with Crippen LogP contribution in [-0.4, -0.2) is 28.2 Å². The van der Waals surface area contributed by atoms with Crippen LogP contribution in [0.3, 0.4) is 0 Å². The van der Waals surface area contributed by atoms with Gasteiger partial charge in [-0.15, -0.1) is 4.58 Å². The van der Waals surface area contributed by atoms with E-state index in [1.165, 1.54) is 0 Å². The fourth-order valence-electron chi connectivity index (χ4n) is 2.61. The number of rotatable bonds is 0. The molecule has 0 bridgehead atoms. The van der Waals surface area contributed by atoms with E-state index >= 15 is 0 Å². The van der Waals surface area contributed by atoms with Gasteiger partial charge in [-0.05, 0) is 13.8 Å². The van der Waals surface area contributed by atoms with Crippen LogP contribution in [0.15, 0.2) is 52.2 Å². The van der Waals surface area contributed by atoms with Gasteiger partial charge >= 0.3 is 11.9 Å². The lowest BCUT2D eigenvalue weighted by molar-refractivity contribution is -0.387. The molecule has 1 saturated heterocycles. The van der Waals surface area contributed by atoms with Gasteiger partial charge in [0.05, 0.1) is 30.2 Å². The minimum Gasteiger partial charge on any atom is -0.419 e. The van der Waals surface area contributed by atoms with Crippen molar-refractivity contribution in [1.29, 1.82) is 0 Å². The molecule has 0 aromatic heterocycles. The molecule has 0 N–H and O–H groups in total. The first-order chi connectivity index (χ1) is 10.00. The molecular weight excluding hydrogens is 268 g/mol. The van der Waals surface area contributed by atoms with Crippen LogP contribution >= 0.6 is 0 Å². The second kappa shape index (κ2) is 4.04. The second-order valence-electron chi connectivity index (χ2n) is 6.01. The van der Waals surface area contributed by atoms with E-state index in [4.69, 9.17) is 9.47 Å². The average molecular weight is 283 g/mol. The van der Waals surface area contributed by atoms with Gasteiger partial charge < -0.3 is 9.47 Å². The second-order valence-corrected chi connectivity index (χ2v) is 6.01. The van der Waals surface area contributed by atoms with Crippen molar-refractivity contribution in [3.63, 3.8) is 0 Å². The Labute approximate surface area is 122 Å². The van der Waals surface area contributed by atoms with Gasteiger partial charge in [-0.1, -0.05) is 12.2 Å². The molecule has 4 rings (SSSR count). The van der Waals surface area contributed by atoms with E-state index in [0.717, 1.165) is 22.8 Å². The van der Waals surface area contributed by atoms with Crippen molar-refractivity contribution in [2.24, 2.45) is 4.99 Å². The van der Waals surface area contributed by atoms with Crippen molar-refractivity contribution in [3.8, 4) is 0 Å². The Bertz CT molecular complexity index is 689. The normalized spacial score (nSPS) is 28.8. The first-order valence-electron chi connectivity index (χ1n) is 6.93. The summed E-state index contributed by atoms with van der Waals surface area (Å²) in [6.45, 7) is 4.11. The number of carbonyl (C=O) groups is 1. The average Bonchev–Trinajstić information content (AvgIpc) is 3.04. The van der Waals surface area contributed by atoms with Crippen molar-refractivity contribution in [1.82, 2.24) is 0 Å². The molecule has 4 aliphatic rings. The molecule has 0 atom stereocenters. The summed E-state index contributed by atoms with van der Waals surface area (Å²) in [7, 11) is 0. The van der Waals surface area contributed by atoms with Crippen LogP contribution in [0.2, 0.25) is 0 Å². The third-order valence-electron chi connectivity index (χ3n) is 3.81. The summed E-state index contributed by atoms with van der Waals surface area (Å²) < 4.78 is 12.9. The highest BCUT2D eigenvalue weighted by Gasteiger charge is 2.36. The molecule has 5 nitrogen and oxygen atoms in total. The molecule has 4 heterocycles. The van der Waals surface area contributed by atoms with E-state index in [2.05, 4.69) is 31.0 Å². The van der Waals surface area contributed by atoms with Crippen LogP contribution in [0, 0.1) is 0 Å². The molecule has 0 amide bonds. The van der Waals surface area contributed by atoms with Crippen LogP contribution in [0.25, 0.3) is 0 Å². The maximum atomic E-state index is 11.2. The third kappa shape index (κ3) is 2.05. The highest BCUT2D eigenvalue weighted by molar-refractivity contribution is 5.91. The molecule has 4 aliphatic heterocycles. The maximum Gasteiger partial charge on any atom is 0.357 e. The number of hydrogen-bond acceptors (Lipinski definition) is 4. The van der Waals surface area contributed by atoms with Gasteiger partial charge in [0, 0.05) is 5.57 Å². The smallest absolute Gasteiger partial charge is 0.357 e. The van der Waals surface area contributed by atoms with Crippen LogP contribution in [0.4, 0.5) is 0 Å². The SMILES string of the molecule is CC1(C)C=CC2=C(C=N1)O/C(=[N+]1/C=C3CC(=O)OC3=C1)C2. The van der Waals surface area contributed by atoms with Crippen LogP contribution in [-0.2, 0) is 14.3 Å². The molecule has 0 saturated carbocycles. The Morgan fingerprint density at radius 2 is 2.10 bits per heavy atom. The monoisotopic (exact) mass is 283 g/mol. The number of aliphatic imine (C=N–C) groups is 1. The van der Waals surface area contributed by atoms with E-state index in [0.29, 0.717) is 18.6 Å². The number of allylic oxidation sites excluding steroid dienone is 3. The minimum absolute atomic E-state index is 0.198. The Hall–Kier alpha value is -2.43. The van der Waals surface area contributed by atoms with Gasteiger partial charge in [-0.25, -0.2) is 0 Å². The molecule has 0 unspecified atom stereocenters. The van der Waals surface area contributed by atoms with Crippen LogP contribution in [0.5, 0.6) is 0 Å². The predicted molar refractivity (Wildman–Crippen MR) is 76.6 cm³/mol. The van der Waals surface area contributed by atoms with E-state index in [-0.39, 0.29) is 11.5 Å². The fraction of sp³-hybridized carbons (Fsp3) is 0.312. The molecule has 0 aliphatic carbocycles. The van der Waals surface area contributed by atoms with Crippen molar-refractivity contribution < 1.29 is 18.8 Å². The zero-order valence-electron chi connectivity index (χ0n) is 11.9. The third-order valence-corrected chi connectivity index (χ3v) is 3.81. The summed E-state index contributed by atoms with van der Waals surface area (Å²) in [5.41, 5.74) is 1.82. The number of ether oxygens (including phenoxy) is 2. The van der Waals surface area contributed by atoms with Crippen LogP contribution in [0.1, 0.15) is 26.7 Å². The molecule has 0 aromatic rings. The van der Waals surface area contributed by atoms with E-state index in [9.17, 15) is 4.79 Å². The van der Waals surface area contributed by atoms with Gasteiger partial charge in [0.2, 0.25) is 12.0 Å². The Morgan fingerprint density at radius 1 is 1.24 bits per heavy atom. The zero-order chi connectivity index (χ0) is 14.6. The molecule has 5 heteroatoms. The molecule has 21 heavy (non-hydrogen) atoms. The summed E-state index contributed by atoms with van der Waals surface area (Å²) in [5, 5.41) is 0. The van der Waals surface area contributed by atoms with E-state index < -0.39 is 0 Å². The Balaban J connectivity index is 1.63. The topological polar surface area (TPSA) is 50.9 Å². The van der Waals surface area contributed by atoms with Crippen LogP contribution < -0.4 is 0 Å². The molecular formula is C16H15N2O3+. The van der Waals surface area contributed by atoms with Gasteiger partial charge in [-0.2, -0.15) is 0 Å². The maximum absolute atomic E-state index is 11.2. The number of nitrogens with zero attached hydrogens (tertiary/aromatic N) is 2. The number of hydrogen-bond donors (Lipinski definition) is 0. The standard InChI is InChI=1S/C16H15N2O3/c1-16(2)4-3-10-5-14(20-12(10)7-17-16)18-8-11-6-15(19)21-13(11)9-18/h3-4,7-9H,5-6H2,1-2H3/q+1/b18-14-. The highest BCUT2D eigenvalue weighted by Crippen LogP contribution is 2.31. The molecule has 0 spiro atoms. The van der Waals surface area contributed by atoms with Crippen molar-refractivity contribution in [3.05, 3.63) is 47.2 Å². The Kier molecular flexibility index (Phi) is 2.37. The number of esters is 1. The lowest BCUT2D eigenvalue weighted by Gasteiger charge is -2.12. The van der Waals surface area contributed by atoms with E-state index in [1.54, 1.807) is 12.4 Å². The predicted octanol–water partition coefficient (Wildman–Crippen LogP) is 2.18. The summed E-state index contributed by atoms with van der Waals surface area (Å²) in [6.07, 6.45) is 10.7. The van der Waals surface area contributed by atoms with Crippen molar-refractivity contribution in [2.75, 3.05) is 0 Å². The highest BCUT2D eigenvalue weighted by atomic mass is 16.5.